The van der Waals surface area contributed by atoms with E-state index in [0.717, 1.165) is 29.7 Å². The van der Waals surface area contributed by atoms with Crippen molar-refractivity contribution in [2.24, 2.45) is 0 Å². The molecule has 0 aliphatic heterocycles. The van der Waals surface area contributed by atoms with Gasteiger partial charge in [0.05, 0.1) is 5.69 Å². The molecular formula is C24H32FN. The monoisotopic (exact) mass is 353 g/mol. The van der Waals surface area contributed by atoms with E-state index in [1.807, 2.05) is 18.2 Å². The smallest absolute Gasteiger partial charge is 0.123 e. The zero-order chi connectivity index (χ0) is 19.3. The second kappa shape index (κ2) is 9.12. The third-order valence-corrected chi connectivity index (χ3v) is 4.86. The summed E-state index contributed by atoms with van der Waals surface area (Å²) < 4.78 is 13.5. The van der Waals surface area contributed by atoms with Gasteiger partial charge < -0.3 is 0 Å². The van der Waals surface area contributed by atoms with Gasteiger partial charge in [-0.3, -0.25) is 4.98 Å². The molecule has 1 nitrogen and oxygen atoms in total. The molecule has 0 spiro atoms. The van der Waals surface area contributed by atoms with Crippen LogP contribution in [-0.4, -0.2) is 4.98 Å². The zero-order valence-electron chi connectivity index (χ0n) is 16.9. The molecule has 0 radical (unpaired) electrons. The lowest BCUT2D eigenvalue weighted by molar-refractivity contribution is 0.628. The van der Waals surface area contributed by atoms with Crippen molar-refractivity contribution in [2.75, 3.05) is 0 Å². The Morgan fingerprint density at radius 3 is 2.12 bits per heavy atom. The molecule has 0 aliphatic rings. The number of nitrogens with zero attached hydrogens (tertiary/aromatic N) is 1. The molecule has 0 amide bonds. The quantitative estimate of drug-likeness (QED) is 0.447. The highest BCUT2D eigenvalue weighted by molar-refractivity contribution is 5.80. The average Bonchev–Trinajstić information content (AvgIpc) is 2.61. The molecule has 2 aromatic rings. The number of unbranched alkanes of at least 4 members (excludes halogenated alkanes) is 2. The first-order valence-electron chi connectivity index (χ1n) is 9.85. The molecule has 0 bridgehead atoms. The van der Waals surface area contributed by atoms with Crippen molar-refractivity contribution in [3.05, 3.63) is 59.2 Å². The fraction of sp³-hybridized carbons (Fsp3) is 0.458. The van der Waals surface area contributed by atoms with Crippen LogP contribution in [-0.2, 0) is 6.42 Å². The molecule has 0 aliphatic carbocycles. The highest BCUT2D eigenvalue weighted by Crippen LogP contribution is 2.38. The van der Waals surface area contributed by atoms with Gasteiger partial charge >= 0.3 is 0 Å². The summed E-state index contributed by atoms with van der Waals surface area (Å²) in [7, 11) is 0. The van der Waals surface area contributed by atoms with E-state index >= 15 is 0 Å². The molecule has 1 heterocycles. The zero-order valence-corrected chi connectivity index (χ0v) is 16.9. The summed E-state index contributed by atoms with van der Waals surface area (Å²) in [5.74, 6) is 0.454. The van der Waals surface area contributed by atoms with Crippen molar-refractivity contribution >= 4 is 6.08 Å². The van der Waals surface area contributed by atoms with Crippen LogP contribution in [0.3, 0.4) is 0 Å². The van der Waals surface area contributed by atoms with Crippen LogP contribution in [0, 0.1) is 5.82 Å². The molecule has 0 saturated carbocycles. The number of halogens is 1. The Morgan fingerprint density at radius 2 is 1.62 bits per heavy atom. The molecule has 2 rings (SSSR count). The lowest BCUT2D eigenvalue weighted by Crippen LogP contribution is -2.10. The van der Waals surface area contributed by atoms with Crippen LogP contribution in [0.25, 0.3) is 17.2 Å². The summed E-state index contributed by atoms with van der Waals surface area (Å²) >= 11 is 0. The van der Waals surface area contributed by atoms with E-state index in [0.29, 0.717) is 11.8 Å². The first-order chi connectivity index (χ1) is 12.4. The van der Waals surface area contributed by atoms with Crippen molar-refractivity contribution in [1.29, 1.82) is 0 Å². The summed E-state index contributed by atoms with van der Waals surface area (Å²) in [6, 6.07) is 6.86. The minimum Gasteiger partial charge on any atom is -0.256 e. The van der Waals surface area contributed by atoms with Crippen LogP contribution >= 0.6 is 0 Å². The van der Waals surface area contributed by atoms with E-state index in [-0.39, 0.29) is 5.82 Å². The van der Waals surface area contributed by atoms with Crippen LogP contribution in [0.1, 0.15) is 88.2 Å². The number of benzene rings is 1. The van der Waals surface area contributed by atoms with E-state index < -0.39 is 0 Å². The number of hydrogen-bond acceptors (Lipinski definition) is 1. The normalized spacial score (nSPS) is 11.4. The number of hydrogen-bond donors (Lipinski definition) is 0. The Labute approximate surface area is 158 Å². The van der Waals surface area contributed by atoms with Gasteiger partial charge in [0.15, 0.2) is 0 Å². The van der Waals surface area contributed by atoms with Gasteiger partial charge in [-0.2, -0.15) is 0 Å². The maximum atomic E-state index is 13.5. The van der Waals surface area contributed by atoms with Crippen LogP contribution in [0.4, 0.5) is 4.39 Å². The molecule has 0 fully saturated rings. The summed E-state index contributed by atoms with van der Waals surface area (Å²) in [5, 5.41) is 0. The summed E-state index contributed by atoms with van der Waals surface area (Å²) in [6.07, 6.45) is 6.46. The highest BCUT2D eigenvalue weighted by atomic mass is 19.1. The first-order valence-corrected chi connectivity index (χ1v) is 9.85. The van der Waals surface area contributed by atoms with Crippen molar-refractivity contribution < 1.29 is 4.39 Å². The molecule has 26 heavy (non-hydrogen) atoms. The van der Waals surface area contributed by atoms with Gasteiger partial charge in [0, 0.05) is 11.3 Å². The van der Waals surface area contributed by atoms with Crippen molar-refractivity contribution in [2.45, 2.75) is 72.1 Å². The molecule has 0 atom stereocenters. The van der Waals surface area contributed by atoms with Crippen LogP contribution in [0.15, 0.2) is 30.8 Å². The van der Waals surface area contributed by atoms with Gasteiger partial charge in [-0.25, -0.2) is 4.39 Å². The van der Waals surface area contributed by atoms with Crippen molar-refractivity contribution in [1.82, 2.24) is 4.98 Å². The third kappa shape index (κ3) is 4.41. The maximum Gasteiger partial charge on any atom is 0.123 e. The van der Waals surface area contributed by atoms with Crippen molar-refractivity contribution in [3.63, 3.8) is 0 Å². The third-order valence-electron chi connectivity index (χ3n) is 4.86. The second-order valence-electron chi connectivity index (χ2n) is 7.63. The largest absolute Gasteiger partial charge is 0.256 e. The van der Waals surface area contributed by atoms with E-state index in [2.05, 4.69) is 41.2 Å². The summed E-state index contributed by atoms with van der Waals surface area (Å²) in [5.41, 5.74) is 6.91. The highest BCUT2D eigenvalue weighted by Gasteiger charge is 2.22. The number of rotatable bonds is 8. The van der Waals surface area contributed by atoms with E-state index in [4.69, 9.17) is 4.98 Å². The fourth-order valence-electron chi connectivity index (χ4n) is 3.55. The Balaban J connectivity index is 2.79. The molecule has 1 aromatic heterocycles. The predicted octanol–water partition coefficient (Wildman–Crippen LogP) is 7.51. The van der Waals surface area contributed by atoms with Gasteiger partial charge in [-0.1, -0.05) is 72.2 Å². The van der Waals surface area contributed by atoms with Crippen LogP contribution < -0.4 is 0 Å². The van der Waals surface area contributed by atoms with E-state index in [1.165, 1.54) is 29.7 Å². The van der Waals surface area contributed by atoms with Gasteiger partial charge in [0.2, 0.25) is 0 Å². The summed E-state index contributed by atoms with van der Waals surface area (Å²) in [6.45, 7) is 15.1. The fourth-order valence-corrected chi connectivity index (χ4v) is 3.55. The molecule has 0 unspecified atom stereocenters. The summed E-state index contributed by atoms with van der Waals surface area (Å²) in [4.78, 5) is 5.08. The molecule has 140 valence electrons. The van der Waals surface area contributed by atoms with Crippen LogP contribution in [0.5, 0.6) is 0 Å². The molecule has 2 heteroatoms. The number of aromatic nitrogens is 1. The minimum absolute atomic E-state index is 0.205. The molecule has 0 saturated heterocycles. The Morgan fingerprint density at radius 1 is 1.00 bits per heavy atom. The Hall–Kier alpha value is -1.96. The minimum atomic E-state index is -0.205. The average molecular weight is 354 g/mol. The van der Waals surface area contributed by atoms with Gasteiger partial charge in [-0.05, 0) is 53.5 Å². The maximum absolute atomic E-state index is 13.5. The standard InChI is InChI=1S/C24H32FN/c1-7-9-10-11-21-22(18-12-14-19(25)15-13-18)20(8-2)23(16(3)4)26-24(21)17(5)6/h8,12-17H,2,7,9-11H2,1,3-6H3. The van der Waals surface area contributed by atoms with Gasteiger partial charge in [-0.15, -0.1) is 0 Å². The lowest BCUT2D eigenvalue weighted by Gasteiger charge is -2.23. The molecule has 0 N–H and O–H groups in total. The van der Waals surface area contributed by atoms with Gasteiger partial charge in [0.25, 0.3) is 0 Å². The first kappa shape index (κ1) is 20.4. The van der Waals surface area contributed by atoms with E-state index in [1.54, 1.807) is 12.1 Å². The second-order valence-corrected chi connectivity index (χ2v) is 7.63. The SMILES string of the molecule is C=Cc1c(C(C)C)nc(C(C)C)c(CCCCC)c1-c1ccc(F)cc1. The van der Waals surface area contributed by atoms with Crippen LogP contribution in [0.2, 0.25) is 0 Å². The van der Waals surface area contributed by atoms with Gasteiger partial charge in [0.1, 0.15) is 5.82 Å². The molecular weight excluding hydrogens is 321 g/mol. The molecule has 1 aromatic carbocycles. The predicted molar refractivity (Wildman–Crippen MR) is 111 cm³/mol. The topological polar surface area (TPSA) is 12.9 Å². The van der Waals surface area contributed by atoms with E-state index in [9.17, 15) is 4.39 Å². The number of pyridine rings is 1. The Bertz CT molecular complexity index is 742. The Kier molecular flexibility index (Phi) is 7.14. The lowest BCUT2D eigenvalue weighted by atomic mass is 9.85. The van der Waals surface area contributed by atoms with Crippen molar-refractivity contribution in [3.8, 4) is 11.1 Å².